The van der Waals surface area contributed by atoms with Crippen LogP contribution < -0.4 is 18.9 Å². The van der Waals surface area contributed by atoms with Gasteiger partial charge in [0, 0.05) is 6.07 Å². The summed E-state index contributed by atoms with van der Waals surface area (Å²) >= 11 is 2.01. The lowest BCUT2D eigenvalue weighted by Crippen LogP contribution is -2.14. The Morgan fingerprint density at radius 1 is 0.893 bits per heavy atom. The molecule has 0 amide bonds. The van der Waals surface area contributed by atoms with E-state index in [-0.39, 0.29) is 17.1 Å². The number of halogens is 1. The van der Waals surface area contributed by atoms with E-state index in [0.29, 0.717) is 46.2 Å². The summed E-state index contributed by atoms with van der Waals surface area (Å²) in [5.74, 6) is 0.772. The lowest BCUT2D eigenvalue weighted by Gasteiger charge is -2.18. The Kier molecular flexibility index (Phi) is 8.10. The molecule has 0 aliphatic heterocycles. The van der Waals surface area contributed by atoms with E-state index >= 15 is 0 Å². The zero-order valence-electron chi connectivity index (χ0n) is 16.3. The maximum absolute atomic E-state index is 12.7. The second-order valence-electron chi connectivity index (χ2n) is 5.66. The smallest absolute Gasteiger partial charge is 0.343 e. The first kappa shape index (κ1) is 22.0. The average Bonchev–Trinajstić information content (AvgIpc) is 2.66. The first-order valence-corrected chi connectivity index (χ1v) is 10.1. The second kappa shape index (κ2) is 10.3. The van der Waals surface area contributed by atoms with Gasteiger partial charge in [-0.2, -0.15) is 0 Å². The van der Waals surface area contributed by atoms with Crippen molar-refractivity contribution in [3.8, 4) is 23.0 Å². The van der Waals surface area contributed by atoms with Gasteiger partial charge >= 0.3 is 5.97 Å². The van der Waals surface area contributed by atoms with E-state index < -0.39 is 5.97 Å². The monoisotopic (exact) mass is 498 g/mol. The molecule has 0 unspecified atom stereocenters. The third-order valence-corrected chi connectivity index (χ3v) is 4.72. The number of benzene rings is 2. The van der Waals surface area contributed by atoms with Crippen molar-refractivity contribution in [1.82, 2.24) is 0 Å². The van der Waals surface area contributed by atoms with E-state index in [1.807, 2.05) is 43.4 Å². The highest BCUT2D eigenvalue weighted by atomic mass is 127. The number of hydrogen-bond acceptors (Lipinski definition) is 6. The molecule has 0 aromatic heterocycles. The Labute approximate surface area is 178 Å². The molecule has 0 heterocycles. The van der Waals surface area contributed by atoms with Crippen molar-refractivity contribution >= 4 is 34.3 Å². The van der Waals surface area contributed by atoms with Crippen LogP contribution in [0, 0.1) is 3.57 Å². The molecule has 0 saturated heterocycles. The van der Waals surface area contributed by atoms with Crippen LogP contribution in [-0.4, -0.2) is 31.6 Å². The number of carbonyl (C=O) groups is 2. The fourth-order valence-electron chi connectivity index (χ4n) is 2.55. The zero-order chi connectivity index (χ0) is 20.7. The van der Waals surface area contributed by atoms with Gasteiger partial charge in [-0.15, -0.1) is 0 Å². The topological polar surface area (TPSA) is 71.1 Å². The van der Waals surface area contributed by atoms with Crippen molar-refractivity contribution in [1.29, 1.82) is 0 Å². The minimum atomic E-state index is -0.584. The molecule has 0 aliphatic rings. The molecule has 0 N–H and O–H groups in total. The van der Waals surface area contributed by atoms with Crippen molar-refractivity contribution in [2.45, 2.75) is 27.7 Å². The van der Waals surface area contributed by atoms with Gasteiger partial charge in [0.1, 0.15) is 22.8 Å². The van der Waals surface area contributed by atoms with Gasteiger partial charge in [0.15, 0.2) is 11.5 Å². The number of ether oxygens (including phenoxy) is 4. The van der Waals surface area contributed by atoms with Gasteiger partial charge in [-0.3, -0.25) is 4.79 Å². The molecular formula is C21H23IO6. The Balaban J connectivity index is 2.46. The highest BCUT2D eigenvalue weighted by molar-refractivity contribution is 14.1. The van der Waals surface area contributed by atoms with Crippen molar-refractivity contribution in [2.75, 3.05) is 19.8 Å². The molecule has 28 heavy (non-hydrogen) atoms. The van der Waals surface area contributed by atoms with Crippen molar-refractivity contribution in [2.24, 2.45) is 0 Å². The first-order valence-electron chi connectivity index (χ1n) is 9.00. The predicted molar refractivity (Wildman–Crippen MR) is 114 cm³/mol. The standard InChI is InChI=1S/C21H23IO6/c1-5-25-15-10-8-14(9-11-15)21(24)28-20-18(13(4)23)16(26-6-2)12-17(19(20)22)27-7-3/h8-12H,5-7H2,1-4H3. The lowest BCUT2D eigenvalue weighted by atomic mass is 10.1. The minimum absolute atomic E-state index is 0.140. The third-order valence-electron chi connectivity index (χ3n) is 3.70. The van der Waals surface area contributed by atoms with E-state index in [9.17, 15) is 9.59 Å². The summed E-state index contributed by atoms with van der Waals surface area (Å²) in [5.41, 5.74) is 0.558. The van der Waals surface area contributed by atoms with Gasteiger partial charge < -0.3 is 18.9 Å². The molecule has 2 rings (SSSR count). The molecule has 2 aromatic rings. The van der Waals surface area contributed by atoms with Crippen molar-refractivity contribution in [3.63, 3.8) is 0 Å². The zero-order valence-corrected chi connectivity index (χ0v) is 18.5. The Hall–Kier alpha value is -2.29. The molecule has 6 nitrogen and oxygen atoms in total. The molecule has 7 heteroatoms. The summed E-state index contributed by atoms with van der Waals surface area (Å²) in [6.45, 7) is 8.27. The molecule has 0 aliphatic carbocycles. The lowest BCUT2D eigenvalue weighted by molar-refractivity contribution is 0.0730. The van der Waals surface area contributed by atoms with Crippen LogP contribution >= 0.6 is 22.6 Å². The van der Waals surface area contributed by atoms with Gasteiger partial charge in [-0.25, -0.2) is 4.79 Å². The predicted octanol–water partition coefficient (Wildman–Crippen LogP) is 4.91. The highest BCUT2D eigenvalue weighted by Crippen LogP contribution is 2.41. The Bertz CT molecular complexity index is 845. The third kappa shape index (κ3) is 5.15. The number of carbonyl (C=O) groups excluding carboxylic acids is 2. The van der Waals surface area contributed by atoms with Gasteiger partial charge in [0.05, 0.1) is 29.0 Å². The van der Waals surface area contributed by atoms with Crippen LogP contribution in [0.2, 0.25) is 0 Å². The first-order chi connectivity index (χ1) is 13.4. The van der Waals surface area contributed by atoms with Crippen LogP contribution in [-0.2, 0) is 0 Å². The summed E-state index contributed by atoms with van der Waals surface area (Å²) in [6.07, 6.45) is 0. The van der Waals surface area contributed by atoms with Gasteiger partial charge in [0.25, 0.3) is 0 Å². The minimum Gasteiger partial charge on any atom is -0.494 e. The normalized spacial score (nSPS) is 10.3. The fraction of sp³-hybridized carbons (Fsp3) is 0.333. The highest BCUT2D eigenvalue weighted by Gasteiger charge is 2.25. The quantitative estimate of drug-likeness (QED) is 0.212. The summed E-state index contributed by atoms with van der Waals surface area (Å²) in [5, 5.41) is 0. The van der Waals surface area contributed by atoms with Crippen molar-refractivity contribution < 1.29 is 28.5 Å². The molecule has 0 saturated carbocycles. The summed E-state index contributed by atoms with van der Waals surface area (Å²) < 4.78 is 22.8. The molecular weight excluding hydrogens is 475 g/mol. The van der Waals surface area contributed by atoms with Gasteiger partial charge in [-0.05, 0) is 74.6 Å². The number of hydrogen-bond donors (Lipinski definition) is 0. The number of Topliss-reactive ketones (excluding diaryl/α,β-unsaturated/α-hetero) is 1. The molecule has 0 atom stereocenters. The maximum Gasteiger partial charge on any atom is 0.343 e. The van der Waals surface area contributed by atoms with Crippen molar-refractivity contribution in [3.05, 3.63) is 45.0 Å². The van der Waals surface area contributed by atoms with Crippen LogP contribution in [0.15, 0.2) is 30.3 Å². The number of ketones is 1. The molecule has 150 valence electrons. The fourth-order valence-corrected chi connectivity index (χ4v) is 3.24. The average molecular weight is 498 g/mol. The van der Waals surface area contributed by atoms with Gasteiger partial charge in [-0.1, -0.05) is 0 Å². The summed E-state index contributed by atoms with van der Waals surface area (Å²) in [6, 6.07) is 8.27. The van der Waals surface area contributed by atoms with Gasteiger partial charge in [0.2, 0.25) is 0 Å². The SMILES string of the molecule is CCOc1ccc(C(=O)Oc2c(I)c(OCC)cc(OCC)c2C(C)=O)cc1. The largest absolute Gasteiger partial charge is 0.494 e. The van der Waals surface area contributed by atoms with E-state index in [1.165, 1.54) is 6.92 Å². The van der Waals surface area contributed by atoms with E-state index in [4.69, 9.17) is 18.9 Å². The summed E-state index contributed by atoms with van der Waals surface area (Å²) in [7, 11) is 0. The Morgan fingerprint density at radius 2 is 1.46 bits per heavy atom. The van der Waals surface area contributed by atoms with Crippen LogP contribution in [0.5, 0.6) is 23.0 Å². The molecule has 0 radical (unpaired) electrons. The molecule has 2 aromatic carbocycles. The van der Waals surface area contributed by atoms with Crippen LogP contribution in [0.25, 0.3) is 0 Å². The number of esters is 1. The Morgan fingerprint density at radius 3 is 2.00 bits per heavy atom. The molecule has 0 bridgehead atoms. The maximum atomic E-state index is 12.7. The summed E-state index contributed by atoms with van der Waals surface area (Å²) in [4.78, 5) is 25.0. The van der Waals surface area contributed by atoms with Crippen LogP contribution in [0.4, 0.5) is 0 Å². The van der Waals surface area contributed by atoms with E-state index in [1.54, 1.807) is 30.3 Å². The molecule has 0 spiro atoms. The van der Waals surface area contributed by atoms with E-state index in [0.717, 1.165) is 0 Å². The van der Waals surface area contributed by atoms with Crippen LogP contribution in [0.3, 0.4) is 0 Å². The second-order valence-corrected chi connectivity index (χ2v) is 6.74. The van der Waals surface area contributed by atoms with E-state index in [2.05, 4.69) is 0 Å². The van der Waals surface area contributed by atoms with Crippen LogP contribution in [0.1, 0.15) is 48.4 Å². The number of rotatable bonds is 9. The molecule has 0 fully saturated rings.